The molecular formula is C16H16N4O. The Balaban J connectivity index is 1.93. The van der Waals surface area contributed by atoms with Gasteiger partial charge >= 0.3 is 0 Å². The largest absolute Gasteiger partial charge is 0.347 e. The maximum absolute atomic E-state index is 11.9. The van der Waals surface area contributed by atoms with Crippen molar-refractivity contribution in [1.29, 1.82) is 0 Å². The van der Waals surface area contributed by atoms with Gasteiger partial charge in [0, 0.05) is 18.3 Å². The third-order valence-corrected chi connectivity index (χ3v) is 2.76. The number of nitrogens with one attached hydrogen (secondary N) is 1. The Morgan fingerprint density at radius 1 is 1.24 bits per heavy atom. The number of carbonyl (C=O) groups excluding carboxylic acids is 1. The van der Waals surface area contributed by atoms with Crippen molar-refractivity contribution in [1.82, 2.24) is 15.3 Å². The van der Waals surface area contributed by atoms with Gasteiger partial charge in [-0.3, -0.25) is 9.78 Å². The molecule has 0 aliphatic rings. The monoisotopic (exact) mass is 280 g/mol. The normalized spacial score (nSPS) is 9.62. The Bertz CT molecular complexity index is 666. The Morgan fingerprint density at radius 2 is 2.00 bits per heavy atom. The highest BCUT2D eigenvalue weighted by Crippen LogP contribution is 2.03. The summed E-state index contributed by atoms with van der Waals surface area (Å²) in [7, 11) is 0. The fraction of sp³-hybridized carbons (Fsp3) is 0.188. The summed E-state index contributed by atoms with van der Waals surface area (Å²) < 4.78 is 0. The number of aryl methyl sites for hydroxylation is 1. The van der Waals surface area contributed by atoms with Crippen LogP contribution in [0.5, 0.6) is 0 Å². The van der Waals surface area contributed by atoms with E-state index in [1.807, 2.05) is 31.2 Å². The van der Waals surface area contributed by atoms with Crippen LogP contribution in [-0.2, 0) is 6.54 Å². The molecule has 0 saturated heterocycles. The van der Waals surface area contributed by atoms with Gasteiger partial charge in [0.05, 0.1) is 18.4 Å². The number of amides is 1. The molecule has 1 amide bonds. The molecule has 0 aliphatic heterocycles. The minimum absolute atomic E-state index is 0.241. The molecule has 0 saturated carbocycles. The molecule has 21 heavy (non-hydrogen) atoms. The van der Waals surface area contributed by atoms with Crippen molar-refractivity contribution in [2.75, 3.05) is 6.54 Å². The van der Waals surface area contributed by atoms with Crippen molar-refractivity contribution in [2.45, 2.75) is 13.5 Å². The predicted octanol–water partition coefficient (Wildman–Crippen LogP) is 1.03. The van der Waals surface area contributed by atoms with E-state index in [2.05, 4.69) is 27.1 Å². The summed E-state index contributed by atoms with van der Waals surface area (Å²) >= 11 is 0. The number of hydrogen-bond donors (Lipinski definition) is 2. The molecule has 0 radical (unpaired) electrons. The van der Waals surface area contributed by atoms with Crippen LogP contribution in [0.3, 0.4) is 0 Å². The molecule has 0 unspecified atom stereocenters. The fourth-order valence-electron chi connectivity index (χ4n) is 1.64. The van der Waals surface area contributed by atoms with Crippen molar-refractivity contribution in [3.8, 4) is 11.8 Å². The van der Waals surface area contributed by atoms with Crippen LogP contribution in [0.25, 0.3) is 0 Å². The number of nitrogens with zero attached hydrogens (tertiary/aromatic N) is 2. The summed E-state index contributed by atoms with van der Waals surface area (Å²) in [4.78, 5) is 20.0. The number of rotatable bonds is 3. The minimum Gasteiger partial charge on any atom is -0.347 e. The lowest BCUT2D eigenvalue weighted by Gasteiger charge is -2.05. The second-order valence-corrected chi connectivity index (χ2v) is 4.43. The molecule has 0 atom stereocenters. The average molecular weight is 280 g/mol. The Morgan fingerprint density at radius 3 is 2.62 bits per heavy atom. The Kier molecular flexibility index (Phi) is 5.02. The summed E-state index contributed by atoms with van der Waals surface area (Å²) in [6.07, 6.45) is 3.04. The van der Waals surface area contributed by atoms with E-state index in [-0.39, 0.29) is 5.91 Å². The summed E-state index contributed by atoms with van der Waals surface area (Å²) in [5.74, 6) is 5.50. The number of carbonyl (C=O) groups is 1. The summed E-state index contributed by atoms with van der Waals surface area (Å²) in [6.45, 7) is 2.60. The molecule has 1 heterocycles. The molecule has 2 aromatic rings. The maximum atomic E-state index is 11.9. The first kappa shape index (κ1) is 14.7. The van der Waals surface area contributed by atoms with Gasteiger partial charge < -0.3 is 11.1 Å². The lowest BCUT2D eigenvalue weighted by atomic mass is 10.1. The van der Waals surface area contributed by atoms with Gasteiger partial charge in [-0.2, -0.15) is 0 Å². The van der Waals surface area contributed by atoms with Crippen LogP contribution < -0.4 is 11.1 Å². The van der Waals surface area contributed by atoms with E-state index in [4.69, 9.17) is 5.73 Å². The van der Waals surface area contributed by atoms with Gasteiger partial charge in [-0.25, -0.2) is 4.98 Å². The first-order chi connectivity index (χ1) is 10.2. The second kappa shape index (κ2) is 7.17. The molecule has 5 heteroatoms. The van der Waals surface area contributed by atoms with Gasteiger partial charge in [-0.1, -0.05) is 24.0 Å². The quantitative estimate of drug-likeness (QED) is 0.823. The first-order valence-corrected chi connectivity index (χ1v) is 6.54. The molecule has 0 fully saturated rings. The van der Waals surface area contributed by atoms with Crippen LogP contribution in [0.15, 0.2) is 36.7 Å². The Labute approximate surface area is 123 Å². The number of aromatic nitrogens is 2. The van der Waals surface area contributed by atoms with E-state index < -0.39 is 0 Å². The van der Waals surface area contributed by atoms with Crippen molar-refractivity contribution in [3.63, 3.8) is 0 Å². The van der Waals surface area contributed by atoms with Crippen LogP contribution in [0.2, 0.25) is 0 Å². The van der Waals surface area contributed by atoms with Crippen LogP contribution in [-0.4, -0.2) is 22.4 Å². The highest BCUT2D eigenvalue weighted by Gasteiger charge is 2.06. The van der Waals surface area contributed by atoms with Gasteiger partial charge in [0.25, 0.3) is 5.91 Å². The van der Waals surface area contributed by atoms with Crippen molar-refractivity contribution in [3.05, 3.63) is 59.2 Å². The zero-order valence-electron chi connectivity index (χ0n) is 11.8. The van der Waals surface area contributed by atoms with Crippen LogP contribution in [0.4, 0.5) is 0 Å². The SMILES string of the molecule is Cc1cnc(C(=O)NCc2ccc(C#CCN)cc2)cn1. The predicted molar refractivity (Wildman–Crippen MR) is 80.3 cm³/mol. The zero-order chi connectivity index (χ0) is 15.1. The topological polar surface area (TPSA) is 80.9 Å². The number of hydrogen-bond acceptors (Lipinski definition) is 4. The van der Waals surface area contributed by atoms with Crippen LogP contribution >= 0.6 is 0 Å². The summed E-state index contributed by atoms with van der Waals surface area (Å²) in [6, 6.07) is 7.63. The molecule has 0 spiro atoms. The van der Waals surface area contributed by atoms with Gasteiger partial charge in [0.1, 0.15) is 5.69 Å². The zero-order valence-corrected chi connectivity index (χ0v) is 11.8. The highest BCUT2D eigenvalue weighted by atomic mass is 16.1. The fourth-order valence-corrected chi connectivity index (χ4v) is 1.64. The number of nitrogens with two attached hydrogens (primary N) is 1. The molecule has 5 nitrogen and oxygen atoms in total. The van der Waals surface area contributed by atoms with Gasteiger partial charge in [0.15, 0.2) is 0 Å². The molecule has 106 valence electrons. The van der Waals surface area contributed by atoms with Gasteiger partial charge in [-0.15, -0.1) is 0 Å². The van der Waals surface area contributed by atoms with Gasteiger partial charge in [0.2, 0.25) is 0 Å². The molecule has 1 aromatic heterocycles. The second-order valence-electron chi connectivity index (χ2n) is 4.43. The maximum Gasteiger partial charge on any atom is 0.271 e. The van der Waals surface area contributed by atoms with E-state index in [0.717, 1.165) is 16.8 Å². The molecule has 0 aliphatic carbocycles. The van der Waals surface area contributed by atoms with Crippen molar-refractivity contribution < 1.29 is 4.79 Å². The smallest absolute Gasteiger partial charge is 0.271 e. The molecule has 0 bridgehead atoms. The van der Waals surface area contributed by atoms with E-state index in [1.165, 1.54) is 6.20 Å². The molecule has 1 aromatic carbocycles. The molecule has 3 N–H and O–H groups in total. The molecular weight excluding hydrogens is 264 g/mol. The van der Waals surface area contributed by atoms with E-state index in [0.29, 0.717) is 18.8 Å². The average Bonchev–Trinajstić information content (AvgIpc) is 2.52. The lowest BCUT2D eigenvalue weighted by molar-refractivity contribution is 0.0945. The lowest BCUT2D eigenvalue weighted by Crippen LogP contribution is -2.24. The number of benzene rings is 1. The highest BCUT2D eigenvalue weighted by molar-refractivity contribution is 5.91. The van der Waals surface area contributed by atoms with Crippen LogP contribution in [0, 0.1) is 18.8 Å². The van der Waals surface area contributed by atoms with E-state index >= 15 is 0 Å². The van der Waals surface area contributed by atoms with E-state index in [1.54, 1.807) is 6.20 Å². The minimum atomic E-state index is -0.241. The van der Waals surface area contributed by atoms with Crippen molar-refractivity contribution in [2.24, 2.45) is 5.73 Å². The molecule has 2 rings (SSSR count). The Hall–Kier alpha value is -2.71. The van der Waals surface area contributed by atoms with Gasteiger partial charge in [-0.05, 0) is 24.6 Å². The van der Waals surface area contributed by atoms with Crippen molar-refractivity contribution >= 4 is 5.91 Å². The standard InChI is InChI=1S/C16H16N4O/c1-12-9-19-15(11-18-12)16(21)20-10-14-6-4-13(5-7-14)3-2-8-17/h4-7,9,11H,8,10,17H2,1H3,(H,20,21). The summed E-state index contributed by atoms with van der Waals surface area (Å²) in [5, 5.41) is 2.80. The van der Waals surface area contributed by atoms with Crippen LogP contribution in [0.1, 0.15) is 27.3 Å². The summed E-state index contributed by atoms with van der Waals surface area (Å²) in [5.41, 5.74) is 8.30. The third kappa shape index (κ3) is 4.41. The third-order valence-electron chi connectivity index (χ3n) is 2.76. The van der Waals surface area contributed by atoms with E-state index in [9.17, 15) is 4.79 Å². The first-order valence-electron chi connectivity index (χ1n) is 6.54.